The van der Waals surface area contributed by atoms with Crippen molar-refractivity contribution < 1.29 is 27.1 Å². The predicted octanol–water partition coefficient (Wildman–Crippen LogP) is 3.28. The number of halogens is 5. The van der Waals surface area contributed by atoms with Crippen molar-refractivity contribution in [3.8, 4) is 0 Å². The molecule has 1 aromatic rings. The lowest BCUT2D eigenvalue weighted by atomic mass is 10.1. The Kier molecular flexibility index (Phi) is 3.42. The highest BCUT2D eigenvalue weighted by Crippen LogP contribution is 2.36. The van der Waals surface area contributed by atoms with Crippen LogP contribution in [0.3, 0.4) is 0 Å². The fraction of sp³-hybridized carbons (Fsp3) is 0.222. The zero-order chi connectivity index (χ0) is 12.5. The normalized spacial score (nSPS) is 11.4. The Labute approximate surface area is 92.8 Å². The van der Waals surface area contributed by atoms with E-state index in [9.17, 15) is 22.4 Å². The SMILES string of the molecule is COC(=O)c1c(C(F)(F)F)ccc(F)c1Cl. The molecular formula is C9H5ClF4O2. The summed E-state index contributed by atoms with van der Waals surface area (Å²) in [4.78, 5) is 11.1. The molecule has 0 aliphatic heterocycles. The molecule has 16 heavy (non-hydrogen) atoms. The van der Waals surface area contributed by atoms with Crippen LogP contribution in [-0.4, -0.2) is 13.1 Å². The molecule has 1 rings (SSSR count). The number of carbonyl (C=O) groups is 1. The Morgan fingerprint density at radius 3 is 2.38 bits per heavy atom. The van der Waals surface area contributed by atoms with Crippen molar-refractivity contribution in [2.45, 2.75) is 6.18 Å². The van der Waals surface area contributed by atoms with Crippen molar-refractivity contribution in [3.63, 3.8) is 0 Å². The number of carbonyl (C=O) groups excluding carboxylic acids is 1. The van der Waals surface area contributed by atoms with E-state index >= 15 is 0 Å². The lowest BCUT2D eigenvalue weighted by molar-refractivity contribution is -0.138. The molecule has 0 bridgehead atoms. The summed E-state index contributed by atoms with van der Waals surface area (Å²) < 4.78 is 54.5. The van der Waals surface area contributed by atoms with Crippen LogP contribution in [0, 0.1) is 5.82 Å². The zero-order valence-corrected chi connectivity index (χ0v) is 8.62. The molecule has 7 heteroatoms. The van der Waals surface area contributed by atoms with Gasteiger partial charge in [0.2, 0.25) is 0 Å². The first-order valence-corrected chi connectivity index (χ1v) is 4.30. The molecule has 0 aliphatic carbocycles. The van der Waals surface area contributed by atoms with Crippen LogP contribution in [0.4, 0.5) is 17.6 Å². The van der Waals surface area contributed by atoms with E-state index < -0.39 is 34.1 Å². The average Bonchev–Trinajstić information content (AvgIpc) is 2.19. The Balaban J connectivity index is 3.51. The van der Waals surface area contributed by atoms with Crippen molar-refractivity contribution in [3.05, 3.63) is 34.1 Å². The average molecular weight is 257 g/mol. The maximum atomic E-state index is 12.9. The smallest absolute Gasteiger partial charge is 0.417 e. The van der Waals surface area contributed by atoms with Crippen LogP contribution in [0.15, 0.2) is 12.1 Å². The first-order valence-electron chi connectivity index (χ1n) is 3.92. The first kappa shape index (κ1) is 12.8. The molecule has 0 heterocycles. The molecule has 1 aromatic carbocycles. The minimum absolute atomic E-state index is 0.438. The molecule has 0 unspecified atom stereocenters. The number of esters is 1. The monoisotopic (exact) mass is 256 g/mol. The van der Waals surface area contributed by atoms with Gasteiger partial charge in [-0.1, -0.05) is 11.6 Å². The lowest BCUT2D eigenvalue weighted by Gasteiger charge is -2.12. The van der Waals surface area contributed by atoms with E-state index in [-0.39, 0.29) is 0 Å². The van der Waals surface area contributed by atoms with Crippen molar-refractivity contribution in [2.75, 3.05) is 7.11 Å². The number of ether oxygens (including phenoxy) is 1. The Morgan fingerprint density at radius 2 is 1.94 bits per heavy atom. The summed E-state index contributed by atoms with van der Waals surface area (Å²) in [5.41, 5.74) is -2.34. The highest BCUT2D eigenvalue weighted by Gasteiger charge is 2.37. The number of rotatable bonds is 1. The number of hydrogen-bond acceptors (Lipinski definition) is 2. The summed E-state index contributed by atoms with van der Waals surface area (Å²) in [6, 6.07) is 0.977. The minimum Gasteiger partial charge on any atom is -0.465 e. The molecule has 0 fully saturated rings. The van der Waals surface area contributed by atoms with Crippen LogP contribution >= 0.6 is 11.6 Å². The number of methoxy groups -OCH3 is 1. The third-order valence-electron chi connectivity index (χ3n) is 1.79. The third kappa shape index (κ3) is 2.27. The summed E-state index contributed by atoms with van der Waals surface area (Å²) in [6.07, 6.45) is -4.80. The molecule has 88 valence electrons. The van der Waals surface area contributed by atoms with E-state index in [1.165, 1.54) is 0 Å². The summed E-state index contributed by atoms with van der Waals surface area (Å²) in [6.45, 7) is 0. The minimum atomic E-state index is -4.80. The Hall–Kier alpha value is -1.30. The Bertz CT molecular complexity index is 428. The molecule has 0 aliphatic rings. The fourth-order valence-corrected chi connectivity index (χ4v) is 1.33. The van der Waals surface area contributed by atoms with Gasteiger partial charge in [-0.2, -0.15) is 13.2 Å². The quantitative estimate of drug-likeness (QED) is 0.569. The maximum Gasteiger partial charge on any atom is 0.417 e. The zero-order valence-electron chi connectivity index (χ0n) is 7.86. The molecule has 0 saturated carbocycles. The van der Waals surface area contributed by atoms with Crippen LogP contribution in [0.25, 0.3) is 0 Å². The lowest BCUT2D eigenvalue weighted by Crippen LogP contribution is -2.15. The second kappa shape index (κ2) is 4.29. The van der Waals surface area contributed by atoms with Crippen LogP contribution in [0.5, 0.6) is 0 Å². The third-order valence-corrected chi connectivity index (χ3v) is 2.16. The molecule has 0 saturated heterocycles. The summed E-state index contributed by atoms with van der Waals surface area (Å²) in [7, 11) is 0.879. The predicted molar refractivity (Wildman–Crippen MR) is 47.8 cm³/mol. The Morgan fingerprint density at radius 1 is 1.38 bits per heavy atom. The first-order chi connectivity index (χ1) is 7.29. The van der Waals surface area contributed by atoms with Gasteiger partial charge in [-0.15, -0.1) is 0 Å². The number of alkyl halides is 3. The van der Waals surface area contributed by atoms with Gasteiger partial charge in [-0.3, -0.25) is 0 Å². The van der Waals surface area contributed by atoms with Gasteiger partial charge in [0, 0.05) is 0 Å². The van der Waals surface area contributed by atoms with Crippen LogP contribution in [0.1, 0.15) is 15.9 Å². The van der Waals surface area contributed by atoms with Gasteiger partial charge in [0.1, 0.15) is 5.82 Å². The van der Waals surface area contributed by atoms with E-state index in [1.807, 2.05) is 0 Å². The largest absolute Gasteiger partial charge is 0.465 e. The number of hydrogen-bond donors (Lipinski definition) is 0. The van der Waals surface area contributed by atoms with Crippen LogP contribution < -0.4 is 0 Å². The molecule has 0 atom stereocenters. The second-order valence-corrected chi connectivity index (χ2v) is 3.15. The van der Waals surface area contributed by atoms with Gasteiger partial charge in [-0.05, 0) is 12.1 Å². The molecule has 0 N–H and O–H groups in total. The van der Waals surface area contributed by atoms with Gasteiger partial charge in [0.25, 0.3) is 0 Å². The van der Waals surface area contributed by atoms with Crippen molar-refractivity contribution in [1.82, 2.24) is 0 Å². The molecule has 0 spiro atoms. The van der Waals surface area contributed by atoms with Crippen molar-refractivity contribution in [1.29, 1.82) is 0 Å². The van der Waals surface area contributed by atoms with Gasteiger partial charge in [0.05, 0.1) is 23.3 Å². The molecule has 0 aromatic heterocycles. The van der Waals surface area contributed by atoms with Crippen LogP contribution in [-0.2, 0) is 10.9 Å². The number of benzene rings is 1. The summed E-state index contributed by atoms with van der Waals surface area (Å²) in [5.74, 6) is -2.45. The van der Waals surface area contributed by atoms with E-state index in [4.69, 9.17) is 11.6 Å². The summed E-state index contributed by atoms with van der Waals surface area (Å²) in [5, 5.41) is -0.901. The van der Waals surface area contributed by atoms with Gasteiger partial charge >= 0.3 is 12.1 Å². The summed E-state index contributed by atoms with van der Waals surface area (Å²) >= 11 is 5.30. The van der Waals surface area contributed by atoms with E-state index in [0.29, 0.717) is 12.1 Å². The van der Waals surface area contributed by atoms with Crippen molar-refractivity contribution in [2.24, 2.45) is 0 Å². The van der Waals surface area contributed by atoms with E-state index in [1.54, 1.807) is 0 Å². The van der Waals surface area contributed by atoms with E-state index in [0.717, 1.165) is 7.11 Å². The standard InChI is InChI=1S/C9H5ClF4O2/c1-16-8(15)6-4(9(12,13)14)2-3-5(11)7(6)10/h2-3H,1H3. The van der Waals surface area contributed by atoms with Crippen molar-refractivity contribution >= 4 is 17.6 Å². The second-order valence-electron chi connectivity index (χ2n) is 2.77. The topological polar surface area (TPSA) is 26.3 Å². The van der Waals surface area contributed by atoms with Gasteiger partial charge in [0.15, 0.2) is 0 Å². The van der Waals surface area contributed by atoms with Gasteiger partial charge in [-0.25, -0.2) is 9.18 Å². The highest BCUT2D eigenvalue weighted by molar-refractivity contribution is 6.34. The van der Waals surface area contributed by atoms with Gasteiger partial charge < -0.3 is 4.74 Å². The molecule has 0 radical (unpaired) electrons. The molecule has 2 nitrogen and oxygen atoms in total. The van der Waals surface area contributed by atoms with Crippen LogP contribution in [0.2, 0.25) is 5.02 Å². The van der Waals surface area contributed by atoms with E-state index in [2.05, 4.69) is 4.74 Å². The molecular weight excluding hydrogens is 252 g/mol. The highest BCUT2D eigenvalue weighted by atomic mass is 35.5. The maximum absolute atomic E-state index is 12.9. The fourth-order valence-electron chi connectivity index (χ4n) is 1.09. The molecule has 0 amide bonds.